The SMILES string of the molecule is CCNc1ncc(C(=O)N2CCc3c(nc(-c4ccccc4)[nH]c3=O)C2)cn1. The third-order valence-electron chi connectivity index (χ3n) is 4.64. The lowest BCUT2D eigenvalue weighted by atomic mass is 10.1. The summed E-state index contributed by atoms with van der Waals surface area (Å²) in [4.78, 5) is 42.8. The lowest BCUT2D eigenvalue weighted by Gasteiger charge is -2.27. The number of carbonyl (C=O) groups is 1. The van der Waals surface area contributed by atoms with Gasteiger partial charge in [-0.15, -0.1) is 0 Å². The highest BCUT2D eigenvalue weighted by molar-refractivity contribution is 5.93. The van der Waals surface area contributed by atoms with Crippen LogP contribution >= 0.6 is 0 Å². The van der Waals surface area contributed by atoms with Gasteiger partial charge in [0.15, 0.2) is 0 Å². The van der Waals surface area contributed by atoms with E-state index in [9.17, 15) is 9.59 Å². The average molecular weight is 376 g/mol. The van der Waals surface area contributed by atoms with E-state index in [1.165, 1.54) is 12.4 Å². The van der Waals surface area contributed by atoms with Gasteiger partial charge in [-0.1, -0.05) is 30.3 Å². The molecule has 0 atom stereocenters. The Morgan fingerprint density at radius 1 is 1.21 bits per heavy atom. The van der Waals surface area contributed by atoms with Crippen LogP contribution in [0.15, 0.2) is 47.5 Å². The third kappa shape index (κ3) is 3.48. The standard InChI is InChI=1S/C20H20N6O2/c1-2-21-20-22-10-14(11-23-20)19(28)26-9-8-15-16(12-26)24-17(25-18(15)27)13-6-4-3-5-7-13/h3-7,10-11H,2,8-9,12H2,1H3,(H,21,22,23)(H,24,25,27). The Kier molecular flexibility index (Phi) is 4.84. The molecule has 4 rings (SSSR count). The molecule has 0 radical (unpaired) electrons. The van der Waals surface area contributed by atoms with Gasteiger partial charge in [-0.3, -0.25) is 9.59 Å². The van der Waals surface area contributed by atoms with Crippen LogP contribution in [-0.4, -0.2) is 43.8 Å². The van der Waals surface area contributed by atoms with E-state index in [1.807, 2.05) is 37.3 Å². The van der Waals surface area contributed by atoms with Gasteiger partial charge in [0.25, 0.3) is 11.5 Å². The topological polar surface area (TPSA) is 104 Å². The fraction of sp³-hybridized carbons (Fsp3) is 0.250. The molecule has 142 valence electrons. The smallest absolute Gasteiger partial charge is 0.257 e. The van der Waals surface area contributed by atoms with Crippen molar-refractivity contribution in [1.29, 1.82) is 0 Å². The van der Waals surface area contributed by atoms with E-state index >= 15 is 0 Å². The van der Waals surface area contributed by atoms with Crippen LogP contribution in [0.2, 0.25) is 0 Å². The first-order valence-corrected chi connectivity index (χ1v) is 9.18. The number of aromatic amines is 1. The molecule has 8 heteroatoms. The van der Waals surface area contributed by atoms with E-state index in [0.717, 1.165) is 5.56 Å². The minimum Gasteiger partial charge on any atom is -0.355 e. The van der Waals surface area contributed by atoms with E-state index < -0.39 is 0 Å². The molecule has 0 spiro atoms. The molecule has 28 heavy (non-hydrogen) atoms. The normalized spacial score (nSPS) is 13.1. The molecule has 2 N–H and O–H groups in total. The zero-order valence-corrected chi connectivity index (χ0v) is 15.5. The molecule has 0 saturated carbocycles. The number of anilines is 1. The van der Waals surface area contributed by atoms with Crippen molar-refractivity contribution in [2.45, 2.75) is 19.9 Å². The molecule has 3 heterocycles. The minimum absolute atomic E-state index is 0.144. The van der Waals surface area contributed by atoms with E-state index in [0.29, 0.717) is 48.1 Å². The Morgan fingerprint density at radius 3 is 2.68 bits per heavy atom. The van der Waals surface area contributed by atoms with Gasteiger partial charge in [0, 0.05) is 36.6 Å². The molecule has 1 aliphatic heterocycles. The van der Waals surface area contributed by atoms with Crippen molar-refractivity contribution in [2.75, 3.05) is 18.4 Å². The van der Waals surface area contributed by atoms with Crippen LogP contribution in [0.5, 0.6) is 0 Å². The van der Waals surface area contributed by atoms with Crippen LogP contribution < -0.4 is 10.9 Å². The highest BCUT2D eigenvalue weighted by Gasteiger charge is 2.25. The molecule has 2 aromatic heterocycles. The van der Waals surface area contributed by atoms with E-state index in [1.54, 1.807) is 4.90 Å². The van der Waals surface area contributed by atoms with Crippen molar-refractivity contribution in [3.63, 3.8) is 0 Å². The second-order valence-electron chi connectivity index (χ2n) is 6.51. The van der Waals surface area contributed by atoms with Crippen molar-refractivity contribution in [1.82, 2.24) is 24.8 Å². The lowest BCUT2D eigenvalue weighted by Crippen LogP contribution is -2.39. The summed E-state index contributed by atoms with van der Waals surface area (Å²) in [5.74, 6) is 0.831. The zero-order chi connectivity index (χ0) is 19.5. The summed E-state index contributed by atoms with van der Waals surface area (Å²) in [7, 11) is 0. The van der Waals surface area contributed by atoms with Gasteiger partial charge in [0.2, 0.25) is 5.95 Å². The highest BCUT2D eigenvalue weighted by atomic mass is 16.2. The van der Waals surface area contributed by atoms with Crippen LogP contribution in [0.25, 0.3) is 11.4 Å². The molecule has 1 aliphatic rings. The first kappa shape index (κ1) is 17.8. The van der Waals surface area contributed by atoms with E-state index in [2.05, 4.69) is 25.3 Å². The van der Waals surface area contributed by atoms with Crippen molar-refractivity contribution in [2.24, 2.45) is 0 Å². The second kappa shape index (κ2) is 7.59. The number of nitrogens with one attached hydrogen (secondary N) is 2. The number of aromatic nitrogens is 4. The Morgan fingerprint density at radius 2 is 1.96 bits per heavy atom. The number of H-pyrrole nitrogens is 1. The van der Waals surface area contributed by atoms with Gasteiger partial charge in [-0.25, -0.2) is 15.0 Å². The number of hydrogen-bond donors (Lipinski definition) is 2. The van der Waals surface area contributed by atoms with Crippen LogP contribution in [0.1, 0.15) is 28.5 Å². The average Bonchev–Trinajstić information content (AvgIpc) is 2.74. The lowest BCUT2D eigenvalue weighted by molar-refractivity contribution is 0.0730. The molecule has 0 aliphatic carbocycles. The van der Waals surface area contributed by atoms with Crippen LogP contribution in [0.3, 0.4) is 0 Å². The number of benzene rings is 1. The predicted octanol–water partition coefficient (Wildman–Crippen LogP) is 1.86. The summed E-state index contributed by atoms with van der Waals surface area (Å²) in [6.45, 7) is 3.40. The van der Waals surface area contributed by atoms with Crippen LogP contribution in [-0.2, 0) is 13.0 Å². The number of nitrogens with zero attached hydrogens (tertiary/aromatic N) is 4. The van der Waals surface area contributed by atoms with Gasteiger partial charge in [-0.05, 0) is 13.3 Å². The molecule has 1 amide bonds. The van der Waals surface area contributed by atoms with Gasteiger partial charge < -0.3 is 15.2 Å². The first-order chi connectivity index (χ1) is 13.7. The maximum Gasteiger partial charge on any atom is 0.257 e. The van der Waals surface area contributed by atoms with Gasteiger partial charge >= 0.3 is 0 Å². The van der Waals surface area contributed by atoms with Gasteiger partial charge in [0.1, 0.15) is 5.82 Å². The van der Waals surface area contributed by atoms with Crippen molar-refractivity contribution in [3.8, 4) is 11.4 Å². The Labute approximate surface area is 161 Å². The van der Waals surface area contributed by atoms with Crippen LogP contribution in [0.4, 0.5) is 5.95 Å². The van der Waals surface area contributed by atoms with Crippen molar-refractivity contribution >= 4 is 11.9 Å². The molecular formula is C20H20N6O2. The van der Waals surface area contributed by atoms with E-state index in [-0.39, 0.29) is 18.0 Å². The largest absolute Gasteiger partial charge is 0.355 e. The van der Waals surface area contributed by atoms with Crippen molar-refractivity contribution < 1.29 is 4.79 Å². The molecule has 0 unspecified atom stereocenters. The molecule has 0 bridgehead atoms. The second-order valence-corrected chi connectivity index (χ2v) is 6.51. The molecule has 8 nitrogen and oxygen atoms in total. The number of amides is 1. The molecular weight excluding hydrogens is 356 g/mol. The Balaban J connectivity index is 1.59. The summed E-state index contributed by atoms with van der Waals surface area (Å²) in [6.07, 6.45) is 3.50. The fourth-order valence-electron chi connectivity index (χ4n) is 3.22. The maximum absolute atomic E-state index is 12.8. The predicted molar refractivity (Wildman–Crippen MR) is 105 cm³/mol. The fourth-order valence-corrected chi connectivity index (χ4v) is 3.22. The summed E-state index contributed by atoms with van der Waals surface area (Å²) in [5, 5.41) is 3.00. The number of hydrogen-bond acceptors (Lipinski definition) is 6. The summed E-state index contributed by atoms with van der Waals surface area (Å²) < 4.78 is 0. The Hall–Kier alpha value is -3.55. The molecule has 0 fully saturated rings. The molecule has 1 aromatic carbocycles. The number of carbonyl (C=O) groups excluding carboxylic acids is 1. The minimum atomic E-state index is -0.169. The quantitative estimate of drug-likeness (QED) is 0.720. The number of fused-ring (bicyclic) bond motifs is 1. The molecule has 0 saturated heterocycles. The molecule has 3 aromatic rings. The maximum atomic E-state index is 12.8. The highest BCUT2D eigenvalue weighted by Crippen LogP contribution is 2.20. The zero-order valence-electron chi connectivity index (χ0n) is 15.5. The van der Waals surface area contributed by atoms with Gasteiger partial charge in [0.05, 0.1) is 17.8 Å². The monoisotopic (exact) mass is 376 g/mol. The summed E-state index contributed by atoms with van der Waals surface area (Å²) in [5.41, 5.74) is 2.38. The van der Waals surface area contributed by atoms with Crippen molar-refractivity contribution in [3.05, 3.63) is 69.9 Å². The van der Waals surface area contributed by atoms with Crippen LogP contribution in [0, 0.1) is 0 Å². The first-order valence-electron chi connectivity index (χ1n) is 9.18. The number of rotatable bonds is 4. The Bertz CT molecular complexity index is 1050. The van der Waals surface area contributed by atoms with E-state index in [4.69, 9.17) is 0 Å². The van der Waals surface area contributed by atoms with Gasteiger partial charge in [-0.2, -0.15) is 0 Å². The third-order valence-corrected chi connectivity index (χ3v) is 4.64. The summed E-state index contributed by atoms with van der Waals surface area (Å²) in [6, 6.07) is 9.46. The summed E-state index contributed by atoms with van der Waals surface area (Å²) >= 11 is 0.